The minimum Gasteiger partial charge on any atom is -0.374 e. The Morgan fingerprint density at radius 3 is 3.00 bits per heavy atom. The van der Waals surface area contributed by atoms with Crippen LogP contribution >= 0.6 is 0 Å². The van der Waals surface area contributed by atoms with Gasteiger partial charge in [0, 0.05) is 23.5 Å². The normalized spacial score (nSPS) is 27.9. The number of benzene rings is 1. The molecule has 1 aromatic heterocycles. The quantitative estimate of drug-likeness (QED) is 0.911. The number of aromatic nitrogens is 1. The average molecular weight is 268 g/mol. The van der Waals surface area contributed by atoms with E-state index in [1.165, 1.54) is 0 Å². The molecular formula is C16H16N2O2. The molecule has 0 spiro atoms. The highest BCUT2D eigenvalue weighted by Crippen LogP contribution is 2.39. The fraction of sp³-hybridized carbons (Fsp3) is 0.375. The Kier molecular flexibility index (Phi) is 2.70. The molecule has 3 atom stereocenters. The lowest BCUT2D eigenvalue weighted by Gasteiger charge is -2.18. The number of carbonyl (C=O) groups is 1. The summed E-state index contributed by atoms with van der Waals surface area (Å²) >= 11 is 0. The molecule has 0 aliphatic carbocycles. The summed E-state index contributed by atoms with van der Waals surface area (Å²) in [7, 11) is 0. The Hall–Kier alpha value is -1.94. The minimum atomic E-state index is 0.0156. The molecule has 2 bridgehead atoms. The van der Waals surface area contributed by atoms with Gasteiger partial charge in [-0.05, 0) is 42.8 Å². The number of anilines is 1. The predicted molar refractivity (Wildman–Crippen MR) is 76.4 cm³/mol. The number of carbonyl (C=O) groups excluding carboxylic acids is 1. The van der Waals surface area contributed by atoms with E-state index in [4.69, 9.17) is 4.74 Å². The lowest BCUT2D eigenvalue weighted by molar-refractivity contribution is -0.121. The monoisotopic (exact) mass is 268 g/mol. The second-order valence-electron chi connectivity index (χ2n) is 5.64. The fourth-order valence-corrected chi connectivity index (χ4v) is 3.31. The summed E-state index contributed by atoms with van der Waals surface area (Å²) in [4.78, 5) is 16.4. The van der Waals surface area contributed by atoms with E-state index >= 15 is 0 Å². The molecule has 2 aromatic rings. The first-order valence-corrected chi connectivity index (χ1v) is 7.10. The van der Waals surface area contributed by atoms with E-state index < -0.39 is 0 Å². The van der Waals surface area contributed by atoms with Gasteiger partial charge in [0.15, 0.2) is 0 Å². The van der Waals surface area contributed by atoms with Crippen LogP contribution in [0.3, 0.4) is 0 Å². The molecule has 2 aliphatic rings. The summed E-state index contributed by atoms with van der Waals surface area (Å²) in [5.41, 5.74) is 0.844. The molecule has 4 rings (SSSR count). The number of rotatable bonds is 2. The summed E-state index contributed by atoms with van der Waals surface area (Å²) in [6.45, 7) is 0. The van der Waals surface area contributed by atoms with E-state index in [0.717, 1.165) is 35.7 Å². The number of hydrogen-bond acceptors (Lipinski definition) is 3. The van der Waals surface area contributed by atoms with Crippen molar-refractivity contribution in [2.75, 3.05) is 5.32 Å². The lowest BCUT2D eigenvalue weighted by Crippen LogP contribution is -2.30. The highest BCUT2D eigenvalue weighted by Gasteiger charge is 2.44. The summed E-state index contributed by atoms with van der Waals surface area (Å²) in [6.07, 6.45) is 7.02. The van der Waals surface area contributed by atoms with Gasteiger partial charge in [0.25, 0.3) is 0 Å². The summed E-state index contributed by atoms with van der Waals surface area (Å²) in [6, 6.07) is 7.85. The molecule has 0 radical (unpaired) electrons. The molecular weight excluding hydrogens is 252 g/mol. The minimum absolute atomic E-state index is 0.0156. The summed E-state index contributed by atoms with van der Waals surface area (Å²) < 4.78 is 5.74. The van der Waals surface area contributed by atoms with Crippen LogP contribution in [-0.4, -0.2) is 23.1 Å². The Bertz CT molecular complexity index is 670. The largest absolute Gasteiger partial charge is 0.374 e. The molecule has 2 fully saturated rings. The molecule has 0 unspecified atom stereocenters. The maximum atomic E-state index is 12.3. The van der Waals surface area contributed by atoms with Crippen molar-refractivity contribution < 1.29 is 9.53 Å². The van der Waals surface area contributed by atoms with E-state index in [1.807, 2.05) is 30.5 Å². The molecule has 4 heteroatoms. The van der Waals surface area contributed by atoms with Crippen molar-refractivity contribution in [2.24, 2.45) is 5.92 Å². The molecule has 1 aromatic carbocycles. The van der Waals surface area contributed by atoms with Gasteiger partial charge in [-0.1, -0.05) is 6.07 Å². The van der Waals surface area contributed by atoms with Gasteiger partial charge in [-0.2, -0.15) is 0 Å². The van der Waals surface area contributed by atoms with E-state index in [9.17, 15) is 4.79 Å². The number of nitrogens with one attached hydrogen (secondary N) is 1. The smallest absolute Gasteiger partial charge is 0.230 e. The predicted octanol–water partition coefficient (Wildman–Crippen LogP) is 2.74. The van der Waals surface area contributed by atoms with Crippen LogP contribution in [0.25, 0.3) is 10.8 Å². The Morgan fingerprint density at radius 2 is 2.20 bits per heavy atom. The van der Waals surface area contributed by atoms with Crippen LogP contribution in [0.4, 0.5) is 5.69 Å². The van der Waals surface area contributed by atoms with Crippen molar-refractivity contribution in [3.63, 3.8) is 0 Å². The first-order chi connectivity index (χ1) is 9.79. The van der Waals surface area contributed by atoms with Crippen LogP contribution < -0.4 is 5.32 Å². The van der Waals surface area contributed by atoms with Gasteiger partial charge < -0.3 is 10.1 Å². The van der Waals surface area contributed by atoms with Crippen molar-refractivity contribution in [3.05, 3.63) is 36.7 Å². The van der Waals surface area contributed by atoms with Gasteiger partial charge in [-0.15, -0.1) is 0 Å². The van der Waals surface area contributed by atoms with E-state index in [-0.39, 0.29) is 17.9 Å². The highest BCUT2D eigenvalue weighted by molar-refractivity contribution is 5.95. The zero-order chi connectivity index (χ0) is 13.5. The van der Waals surface area contributed by atoms with E-state index in [1.54, 1.807) is 6.20 Å². The van der Waals surface area contributed by atoms with Crippen LogP contribution in [0.2, 0.25) is 0 Å². The molecule has 1 amide bonds. The second-order valence-corrected chi connectivity index (χ2v) is 5.64. The molecule has 20 heavy (non-hydrogen) atoms. The van der Waals surface area contributed by atoms with Crippen molar-refractivity contribution in [2.45, 2.75) is 31.5 Å². The van der Waals surface area contributed by atoms with Crippen molar-refractivity contribution in [3.8, 4) is 0 Å². The van der Waals surface area contributed by atoms with Crippen LogP contribution in [-0.2, 0) is 9.53 Å². The van der Waals surface area contributed by atoms with Crippen LogP contribution in [0, 0.1) is 5.92 Å². The molecule has 1 N–H and O–H groups in total. The number of nitrogens with zero attached hydrogens (tertiary/aromatic N) is 1. The van der Waals surface area contributed by atoms with Gasteiger partial charge in [0.1, 0.15) is 0 Å². The SMILES string of the molecule is O=C(Nc1ccc2cnccc2c1)[C@@H]1C[C@H]2CC[C@@H]1O2. The van der Waals surface area contributed by atoms with Gasteiger partial charge in [-0.3, -0.25) is 9.78 Å². The number of pyridine rings is 1. The third-order valence-electron chi connectivity index (χ3n) is 4.35. The maximum absolute atomic E-state index is 12.3. The highest BCUT2D eigenvalue weighted by atomic mass is 16.5. The number of amides is 1. The number of hydrogen-bond donors (Lipinski definition) is 1. The van der Waals surface area contributed by atoms with Gasteiger partial charge in [-0.25, -0.2) is 0 Å². The Labute approximate surface area is 117 Å². The zero-order valence-electron chi connectivity index (χ0n) is 11.1. The molecule has 4 nitrogen and oxygen atoms in total. The topological polar surface area (TPSA) is 51.2 Å². The zero-order valence-corrected chi connectivity index (χ0v) is 11.1. The average Bonchev–Trinajstić information content (AvgIpc) is 3.10. The number of fused-ring (bicyclic) bond motifs is 3. The van der Waals surface area contributed by atoms with Crippen LogP contribution in [0.5, 0.6) is 0 Å². The Morgan fingerprint density at radius 1 is 1.25 bits per heavy atom. The van der Waals surface area contributed by atoms with E-state index in [0.29, 0.717) is 6.10 Å². The first kappa shape index (κ1) is 11.9. The molecule has 3 heterocycles. The van der Waals surface area contributed by atoms with Gasteiger partial charge in [0.2, 0.25) is 5.91 Å². The van der Waals surface area contributed by atoms with Crippen LogP contribution in [0.1, 0.15) is 19.3 Å². The van der Waals surface area contributed by atoms with Crippen molar-refractivity contribution in [1.82, 2.24) is 4.98 Å². The second kappa shape index (κ2) is 4.56. The Balaban J connectivity index is 1.53. The van der Waals surface area contributed by atoms with E-state index in [2.05, 4.69) is 10.3 Å². The fourth-order valence-electron chi connectivity index (χ4n) is 3.31. The number of ether oxygens (including phenoxy) is 1. The molecule has 2 aliphatic heterocycles. The lowest BCUT2D eigenvalue weighted by atomic mass is 9.88. The molecule has 2 saturated heterocycles. The summed E-state index contributed by atoms with van der Waals surface area (Å²) in [5.74, 6) is 0.104. The maximum Gasteiger partial charge on any atom is 0.230 e. The van der Waals surface area contributed by atoms with Gasteiger partial charge in [0.05, 0.1) is 18.1 Å². The third-order valence-corrected chi connectivity index (χ3v) is 4.35. The molecule has 0 saturated carbocycles. The van der Waals surface area contributed by atoms with Crippen molar-refractivity contribution >= 4 is 22.4 Å². The standard InChI is InChI=1S/C16H16N2O2/c19-16(14-8-13-3-4-15(14)20-13)18-12-2-1-11-9-17-6-5-10(11)7-12/h1-2,5-7,9,13-15H,3-4,8H2,(H,18,19)/t13-,14-,15+/m1/s1. The first-order valence-electron chi connectivity index (χ1n) is 7.10. The summed E-state index contributed by atoms with van der Waals surface area (Å²) in [5, 5.41) is 5.18. The molecule has 102 valence electrons. The van der Waals surface area contributed by atoms with Gasteiger partial charge >= 0.3 is 0 Å². The van der Waals surface area contributed by atoms with Crippen molar-refractivity contribution in [1.29, 1.82) is 0 Å². The van der Waals surface area contributed by atoms with Crippen LogP contribution in [0.15, 0.2) is 36.7 Å². The third kappa shape index (κ3) is 1.96.